The molecule has 4 rings (SSSR count). The van der Waals surface area contributed by atoms with Crippen LogP contribution in [-0.4, -0.2) is 60.3 Å². The average Bonchev–Trinajstić information content (AvgIpc) is 3.11. The summed E-state index contributed by atoms with van der Waals surface area (Å²) in [5.41, 5.74) is 3.03. The molecular weight excluding hydrogens is 356 g/mol. The van der Waals surface area contributed by atoms with Crippen molar-refractivity contribution in [1.29, 1.82) is 0 Å². The van der Waals surface area contributed by atoms with Crippen LogP contribution in [0.1, 0.15) is 5.82 Å². The standard InChI is InChI=1S/C21H24N4O3/c1-22-21(26)19-13-24(11-12-28-19)14-20-23-17-5-3-4-6-18(17)25(20)15-7-9-16(27-2)10-8-15/h3-10,19H,11-14H2,1-2H3,(H,22,26). The molecule has 0 bridgehead atoms. The first-order valence-electron chi connectivity index (χ1n) is 9.36. The molecule has 7 heteroatoms. The maximum absolute atomic E-state index is 12.0. The van der Waals surface area contributed by atoms with Crippen LogP contribution in [0, 0.1) is 0 Å². The lowest BCUT2D eigenvalue weighted by Gasteiger charge is -2.31. The number of morpholine rings is 1. The molecule has 1 aliphatic rings. The second-order valence-electron chi connectivity index (χ2n) is 6.76. The number of aromatic nitrogens is 2. The first kappa shape index (κ1) is 18.5. The van der Waals surface area contributed by atoms with Crippen LogP contribution in [0.3, 0.4) is 0 Å². The van der Waals surface area contributed by atoms with E-state index >= 15 is 0 Å². The lowest BCUT2D eigenvalue weighted by molar-refractivity contribution is -0.138. The molecule has 146 valence electrons. The van der Waals surface area contributed by atoms with Crippen molar-refractivity contribution in [3.05, 3.63) is 54.4 Å². The van der Waals surface area contributed by atoms with Crippen LogP contribution >= 0.6 is 0 Å². The van der Waals surface area contributed by atoms with Gasteiger partial charge in [-0.25, -0.2) is 4.98 Å². The summed E-state index contributed by atoms with van der Waals surface area (Å²) in [6, 6.07) is 16.1. The normalized spacial score (nSPS) is 17.6. The number of imidazole rings is 1. The zero-order chi connectivity index (χ0) is 19.5. The van der Waals surface area contributed by atoms with E-state index in [9.17, 15) is 4.79 Å². The van der Waals surface area contributed by atoms with E-state index in [1.54, 1.807) is 14.2 Å². The zero-order valence-electron chi connectivity index (χ0n) is 16.1. The van der Waals surface area contributed by atoms with E-state index in [-0.39, 0.29) is 5.91 Å². The Morgan fingerprint density at radius 3 is 2.79 bits per heavy atom. The third-order valence-electron chi connectivity index (χ3n) is 5.02. The van der Waals surface area contributed by atoms with Gasteiger partial charge >= 0.3 is 0 Å². The Labute approximate surface area is 163 Å². The molecule has 2 aromatic carbocycles. The monoisotopic (exact) mass is 380 g/mol. The smallest absolute Gasteiger partial charge is 0.250 e. The summed E-state index contributed by atoms with van der Waals surface area (Å²) in [4.78, 5) is 19.0. The molecule has 0 radical (unpaired) electrons. The maximum Gasteiger partial charge on any atom is 0.250 e. The Morgan fingerprint density at radius 1 is 1.25 bits per heavy atom. The van der Waals surface area contributed by atoms with Gasteiger partial charge in [0.25, 0.3) is 0 Å². The van der Waals surface area contributed by atoms with Gasteiger partial charge in [-0.3, -0.25) is 14.3 Å². The highest BCUT2D eigenvalue weighted by atomic mass is 16.5. The summed E-state index contributed by atoms with van der Waals surface area (Å²) in [7, 11) is 3.29. The minimum Gasteiger partial charge on any atom is -0.497 e. The van der Waals surface area contributed by atoms with Gasteiger partial charge in [0, 0.05) is 25.8 Å². The highest BCUT2D eigenvalue weighted by molar-refractivity contribution is 5.81. The van der Waals surface area contributed by atoms with E-state index in [4.69, 9.17) is 14.5 Å². The molecule has 1 atom stereocenters. The number of nitrogens with zero attached hydrogens (tertiary/aromatic N) is 3. The van der Waals surface area contributed by atoms with E-state index in [2.05, 4.69) is 20.9 Å². The molecule has 2 heterocycles. The fourth-order valence-electron chi connectivity index (χ4n) is 3.57. The number of para-hydroxylation sites is 2. The SMILES string of the molecule is CNC(=O)C1CN(Cc2nc3ccccc3n2-c2ccc(OC)cc2)CCO1. The number of fused-ring (bicyclic) bond motifs is 1. The van der Waals surface area contributed by atoms with Crippen molar-refractivity contribution in [1.82, 2.24) is 19.8 Å². The van der Waals surface area contributed by atoms with E-state index in [1.165, 1.54) is 0 Å². The van der Waals surface area contributed by atoms with Crippen molar-refractivity contribution in [3.63, 3.8) is 0 Å². The number of benzene rings is 2. The molecule has 1 fully saturated rings. The number of amides is 1. The molecule has 0 aliphatic carbocycles. The van der Waals surface area contributed by atoms with Gasteiger partial charge in [0.05, 0.1) is 31.3 Å². The van der Waals surface area contributed by atoms with Crippen LogP contribution in [0.5, 0.6) is 5.75 Å². The number of ether oxygens (including phenoxy) is 2. The Hall–Kier alpha value is -2.90. The highest BCUT2D eigenvalue weighted by Crippen LogP contribution is 2.24. The molecule has 3 aromatic rings. The van der Waals surface area contributed by atoms with Gasteiger partial charge in [-0.15, -0.1) is 0 Å². The van der Waals surface area contributed by atoms with Gasteiger partial charge < -0.3 is 14.8 Å². The number of hydrogen-bond acceptors (Lipinski definition) is 5. The summed E-state index contributed by atoms with van der Waals surface area (Å²) in [6.45, 7) is 2.48. The summed E-state index contributed by atoms with van der Waals surface area (Å²) < 4.78 is 13.1. The van der Waals surface area contributed by atoms with Crippen LogP contribution in [0.15, 0.2) is 48.5 Å². The lowest BCUT2D eigenvalue weighted by Crippen LogP contribution is -2.48. The Kier molecular flexibility index (Phi) is 5.27. The van der Waals surface area contributed by atoms with Crippen LogP contribution in [0.25, 0.3) is 16.7 Å². The number of nitrogens with one attached hydrogen (secondary N) is 1. The molecule has 7 nitrogen and oxygen atoms in total. The largest absolute Gasteiger partial charge is 0.497 e. The van der Waals surface area contributed by atoms with Gasteiger partial charge in [-0.05, 0) is 36.4 Å². The predicted molar refractivity (Wildman–Crippen MR) is 107 cm³/mol. The number of likely N-dealkylation sites (N-methyl/N-ethyl adjacent to an activating group) is 1. The van der Waals surface area contributed by atoms with Gasteiger partial charge in [0.15, 0.2) is 0 Å². The molecule has 1 aliphatic heterocycles. The van der Waals surface area contributed by atoms with E-state index in [0.29, 0.717) is 19.7 Å². The molecule has 0 spiro atoms. The molecule has 1 N–H and O–H groups in total. The lowest BCUT2D eigenvalue weighted by atomic mass is 10.2. The highest BCUT2D eigenvalue weighted by Gasteiger charge is 2.27. The average molecular weight is 380 g/mol. The zero-order valence-corrected chi connectivity index (χ0v) is 16.1. The van der Waals surface area contributed by atoms with Gasteiger partial charge in [-0.1, -0.05) is 12.1 Å². The second kappa shape index (κ2) is 8.00. The van der Waals surface area contributed by atoms with E-state index in [1.807, 2.05) is 42.5 Å². The number of rotatable bonds is 5. The predicted octanol–water partition coefficient (Wildman–Crippen LogP) is 1.98. The summed E-state index contributed by atoms with van der Waals surface area (Å²) in [5.74, 6) is 1.66. The molecule has 1 amide bonds. The van der Waals surface area contributed by atoms with E-state index < -0.39 is 6.10 Å². The first-order valence-corrected chi connectivity index (χ1v) is 9.36. The number of methoxy groups -OCH3 is 1. The van der Waals surface area contributed by atoms with Crippen LogP contribution < -0.4 is 10.1 Å². The number of carbonyl (C=O) groups excluding carboxylic acids is 1. The Bertz CT molecular complexity index is 967. The summed E-state index contributed by atoms with van der Waals surface area (Å²) in [5, 5.41) is 2.67. The third-order valence-corrected chi connectivity index (χ3v) is 5.02. The Morgan fingerprint density at radius 2 is 2.04 bits per heavy atom. The molecular formula is C21H24N4O3. The third kappa shape index (κ3) is 3.58. The molecule has 0 saturated carbocycles. The van der Waals surface area contributed by atoms with Crippen molar-refractivity contribution in [3.8, 4) is 11.4 Å². The summed E-state index contributed by atoms with van der Waals surface area (Å²) >= 11 is 0. The van der Waals surface area contributed by atoms with Crippen molar-refractivity contribution < 1.29 is 14.3 Å². The van der Waals surface area contributed by atoms with Crippen LogP contribution in [0.4, 0.5) is 0 Å². The minimum absolute atomic E-state index is 0.0895. The van der Waals surface area contributed by atoms with Crippen molar-refractivity contribution >= 4 is 16.9 Å². The van der Waals surface area contributed by atoms with Gasteiger partial charge in [-0.2, -0.15) is 0 Å². The minimum atomic E-state index is -0.447. The number of carbonyl (C=O) groups is 1. The van der Waals surface area contributed by atoms with Crippen molar-refractivity contribution in [2.75, 3.05) is 33.9 Å². The summed E-state index contributed by atoms with van der Waals surface area (Å²) in [6.07, 6.45) is -0.447. The molecule has 1 saturated heterocycles. The van der Waals surface area contributed by atoms with Gasteiger partial charge in [0.1, 0.15) is 17.7 Å². The fraction of sp³-hybridized carbons (Fsp3) is 0.333. The second-order valence-corrected chi connectivity index (χ2v) is 6.76. The molecule has 28 heavy (non-hydrogen) atoms. The number of hydrogen-bond donors (Lipinski definition) is 1. The van der Waals surface area contributed by atoms with Crippen LogP contribution in [0.2, 0.25) is 0 Å². The topological polar surface area (TPSA) is 68.6 Å². The first-order chi connectivity index (χ1) is 13.7. The van der Waals surface area contributed by atoms with Crippen molar-refractivity contribution in [2.45, 2.75) is 12.6 Å². The molecule has 1 aromatic heterocycles. The maximum atomic E-state index is 12.0. The Balaban J connectivity index is 1.67. The quantitative estimate of drug-likeness (QED) is 0.733. The van der Waals surface area contributed by atoms with Crippen LogP contribution in [-0.2, 0) is 16.1 Å². The van der Waals surface area contributed by atoms with E-state index in [0.717, 1.165) is 34.8 Å². The molecule has 1 unspecified atom stereocenters. The fourth-order valence-corrected chi connectivity index (χ4v) is 3.57. The van der Waals surface area contributed by atoms with Gasteiger partial charge in [0.2, 0.25) is 5.91 Å². The van der Waals surface area contributed by atoms with Crippen molar-refractivity contribution in [2.24, 2.45) is 0 Å².